The van der Waals surface area contributed by atoms with Gasteiger partial charge in [-0.3, -0.25) is 14.8 Å². The van der Waals surface area contributed by atoms with Crippen molar-refractivity contribution in [2.24, 2.45) is 0 Å². The third-order valence-corrected chi connectivity index (χ3v) is 4.82. The van der Waals surface area contributed by atoms with Crippen molar-refractivity contribution in [2.75, 3.05) is 0 Å². The minimum Gasteiger partial charge on any atom is -0.361 e. The Morgan fingerprint density at radius 1 is 1.03 bits per heavy atom. The summed E-state index contributed by atoms with van der Waals surface area (Å²) in [6.07, 6.45) is 8.63. The predicted molar refractivity (Wildman–Crippen MR) is 113 cm³/mol. The second kappa shape index (κ2) is 8.16. The van der Waals surface area contributed by atoms with Gasteiger partial charge in [-0.15, -0.1) is 0 Å². The summed E-state index contributed by atoms with van der Waals surface area (Å²) in [5.74, 6) is -0.673. The Morgan fingerprint density at radius 3 is 2.48 bits per heavy atom. The Bertz CT molecular complexity index is 1110. The summed E-state index contributed by atoms with van der Waals surface area (Å²) in [5, 5.41) is 12.6. The summed E-state index contributed by atoms with van der Waals surface area (Å²) >= 11 is 0. The second-order valence-corrected chi connectivity index (χ2v) is 7.03. The average molecular weight is 387 g/mol. The lowest BCUT2D eigenvalue weighted by molar-refractivity contribution is -0.124. The van der Waals surface area contributed by atoms with Crippen LogP contribution in [0.2, 0.25) is 0 Å². The molecule has 0 saturated heterocycles. The van der Waals surface area contributed by atoms with Crippen molar-refractivity contribution >= 4 is 40.4 Å². The molecule has 1 aliphatic rings. The number of benzene rings is 2. The number of H-pyrrole nitrogens is 1. The summed E-state index contributed by atoms with van der Waals surface area (Å²) in [4.78, 5) is 27.3. The van der Waals surface area contributed by atoms with Crippen molar-refractivity contribution in [1.82, 2.24) is 15.8 Å². The number of hydrogen-bond donors (Lipinski definition) is 4. The number of fused-ring (bicyclic) bond motifs is 1. The molecule has 1 fully saturated rings. The van der Waals surface area contributed by atoms with Crippen molar-refractivity contribution in [3.63, 3.8) is 0 Å². The third kappa shape index (κ3) is 4.44. The minimum absolute atomic E-state index is 0.0826. The zero-order valence-electron chi connectivity index (χ0n) is 15.7. The van der Waals surface area contributed by atoms with Gasteiger partial charge in [0.15, 0.2) is 0 Å². The Morgan fingerprint density at radius 2 is 1.76 bits per heavy atom. The Kier molecular flexibility index (Phi) is 5.27. The molecule has 0 spiro atoms. The highest BCUT2D eigenvalue weighted by atomic mass is 16.5. The van der Waals surface area contributed by atoms with Crippen LogP contribution in [0.4, 0.5) is 0 Å². The van der Waals surface area contributed by atoms with Gasteiger partial charge in [0.25, 0.3) is 11.8 Å². The molecule has 29 heavy (non-hydrogen) atoms. The predicted octanol–water partition coefficient (Wildman–Crippen LogP) is 3.51. The lowest BCUT2D eigenvalue weighted by Crippen LogP contribution is -2.26. The van der Waals surface area contributed by atoms with Gasteiger partial charge in [-0.25, -0.2) is 5.48 Å². The number of rotatable bonds is 6. The van der Waals surface area contributed by atoms with Crippen LogP contribution in [0.5, 0.6) is 0 Å². The maximum absolute atomic E-state index is 12.9. The number of hydroxylamine groups is 1. The summed E-state index contributed by atoms with van der Waals surface area (Å²) in [7, 11) is 0. The molecule has 0 bridgehead atoms. The maximum atomic E-state index is 12.9. The molecule has 6 nitrogen and oxygen atoms in total. The molecule has 2 amide bonds. The number of aromatic amines is 1. The fourth-order valence-electron chi connectivity index (χ4n) is 3.13. The average Bonchev–Trinajstić information content (AvgIpc) is 3.46. The van der Waals surface area contributed by atoms with Crippen LogP contribution in [0, 0.1) is 0 Å². The van der Waals surface area contributed by atoms with Crippen LogP contribution in [0.25, 0.3) is 28.6 Å². The van der Waals surface area contributed by atoms with Crippen LogP contribution in [0.1, 0.15) is 29.5 Å². The number of carbonyl (C=O) groups excluding carboxylic acids is 2. The molecule has 1 saturated carbocycles. The highest BCUT2D eigenvalue weighted by Gasteiger charge is 2.26. The molecule has 6 heteroatoms. The molecular weight excluding hydrogens is 366 g/mol. The summed E-state index contributed by atoms with van der Waals surface area (Å²) in [6, 6.07) is 15.6. The third-order valence-electron chi connectivity index (χ3n) is 4.82. The van der Waals surface area contributed by atoms with Gasteiger partial charge in [-0.05, 0) is 42.2 Å². The van der Waals surface area contributed by atoms with Gasteiger partial charge < -0.3 is 10.3 Å². The topological polar surface area (TPSA) is 94.2 Å². The largest absolute Gasteiger partial charge is 0.361 e. The standard InChI is InChI=1S/C23H21N3O3/c27-22(26-29)12-9-15-5-7-16(8-6-15)13-19(23(28)25-17-10-11-17)20-14-24-21-4-2-1-3-18(20)21/h1-9,12-14,17,24,29H,10-11H2,(H,25,28)(H,26,27)/b12-9+,19-13?. The first kappa shape index (κ1) is 18.7. The van der Waals surface area contributed by atoms with Crippen LogP contribution < -0.4 is 10.8 Å². The lowest BCUT2D eigenvalue weighted by atomic mass is 10.0. The van der Waals surface area contributed by atoms with Crippen molar-refractivity contribution in [2.45, 2.75) is 18.9 Å². The molecule has 0 aliphatic heterocycles. The van der Waals surface area contributed by atoms with Gasteiger partial charge in [0.05, 0.1) is 0 Å². The lowest BCUT2D eigenvalue weighted by Gasteiger charge is -2.08. The number of nitrogens with one attached hydrogen (secondary N) is 3. The van der Waals surface area contributed by atoms with Crippen LogP contribution in [0.15, 0.2) is 60.8 Å². The summed E-state index contributed by atoms with van der Waals surface area (Å²) in [6.45, 7) is 0. The van der Waals surface area contributed by atoms with Crippen LogP contribution in [0.3, 0.4) is 0 Å². The van der Waals surface area contributed by atoms with E-state index in [1.165, 1.54) is 6.08 Å². The monoisotopic (exact) mass is 387 g/mol. The fraction of sp³-hybridized carbons (Fsp3) is 0.130. The van der Waals surface area contributed by atoms with Crippen LogP contribution in [-0.4, -0.2) is 28.0 Å². The van der Waals surface area contributed by atoms with Gasteiger partial charge in [0.1, 0.15) is 0 Å². The second-order valence-electron chi connectivity index (χ2n) is 7.03. The Hall–Kier alpha value is -3.64. The molecule has 1 heterocycles. The molecule has 4 N–H and O–H groups in total. The molecule has 3 aromatic rings. The highest BCUT2D eigenvalue weighted by molar-refractivity contribution is 6.27. The number of hydrogen-bond acceptors (Lipinski definition) is 3. The van der Waals surface area contributed by atoms with E-state index in [1.54, 1.807) is 11.6 Å². The van der Waals surface area contributed by atoms with Gasteiger partial charge in [-0.2, -0.15) is 0 Å². The van der Waals surface area contributed by atoms with Crippen molar-refractivity contribution in [1.29, 1.82) is 0 Å². The normalized spacial score (nSPS) is 14.3. The van der Waals surface area contributed by atoms with Crippen molar-refractivity contribution in [3.05, 3.63) is 77.5 Å². The molecular formula is C23H21N3O3. The first-order valence-electron chi connectivity index (χ1n) is 9.45. The van der Waals surface area contributed by atoms with Gasteiger partial charge in [0, 0.05) is 40.4 Å². The Balaban J connectivity index is 1.67. The number of amides is 2. The van der Waals surface area contributed by atoms with E-state index in [-0.39, 0.29) is 11.9 Å². The fourth-order valence-corrected chi connectivity index (χ4v) is 3.13. The molecule has 2 aromatic carbocycles. The highest BCUT2D eigenvalue weighted by Crippen LogP contribution is 2.28. The van der Waals surface area contributed by atoms with E-state index in [2.05, 4.69) is 10.3 Å². The summed E-state index contributed by atoms with van der Waals surface area (Å²) in [5.41, 5.74) is 5.69. The molecule has 4 rings (SSSR count). The van der Waals surface area contributed by atoms with E-state index < -0.39 is 5.91 Å². The smallest absolute Gasteiger partial charge is 0.267 e. The Labute approximate surface area is 167 Å². The first-order chi connectivity index (χ1) is 14.1. The van der Waals surface area contributed by atoms with E-state index in [9.17, 15) is 9.59 Å². The SMILES string of the molecule is O=C(/C=C/c1ccc(C=C(C(=O)NC2CC2)c2c[nH]c3ccccc23)cc1)NO. The minimum atomic E-state index is -0.590. The number of carbonyl (C=O) groups is 2. The molecule has 0 atom stereocenters. The van der Waals surface area contributed by atoms with Gasteiger partial charge in [0.2, 0.25) is 0 Å². The quantitative estimate of drug-likeness (QED) is 0.296. The van der Waals surface area contributed by atoms with Crippen LogP contribution >= 0.6 is 0 Å². The zero-order chi connectivity index (χ0) is 20.2. The van der Waals surface area contributed by atoms with Crippen molar-refractivity contribution in [3.8, 4) is 0 Å². The zero-order valence-corrected chi connectivity index (χ0v) is 15.7. The van der Waals surface area contributed by atoms with E-state index in [1.807, 2.05) is 60.8 Å². The molecule has 146 valence electrons. The van der Waals surface area contributed by atoms with E-state index in [4.69, 9.17) is 5.21 Å². The maximum Gasteiger partial charge on any atom is 0.267 e. The number of aromatic nitrogens is 1. The molecule has 1 aromatic heterocycles. The van der Waals surface area contributed by atoms with Gasteiger partial charge in [-0.1, -0.05) is 42.5 Å². The molecule has 0 unspecified atom stereocenters. The number of para-hydroxylation sites is 1. The van der Waals surface area contributed by atoms with E-state index in [0.29, 0.717) is 5.57 Å². The molecule has 1 aliphatic carbocycles. The first-order valence-corrected chi connectivity index (χ1v) is 9.45. The molecule has 0 radical (unpaired) electrons. The van der Waals surface area contributed by atoms with E-state index >= 15 is 0 Å². The van der Waals surface area contributed by atoms with Crippen molar-refractivity contribution < 1.29 is 14.8 Å². The van der Waals surface area contributed by atoms with E-state index in [0.717, 1.165) is 40.4 Å². The van der Waals surface area contributed by atoms with Crippen LogP contribution in [-0.2, 0) is 9.59 Å². The van der Waals surface area contributed by atoms with Gasteiger partial charge >= 0.3 is 0 Å². The summed E-state index contributed by atoms with van der Waals surface area (Å²) < 4.78 is 0.